The minimum absolute atomic E-state index is 0.206. The molecule has 6 nitrogen and oxygen atoms in total. The van der Waals surface area contributed by atoms with E-state index in [-0.39, 0.29) is 11.8 Å². The first-order valence-electron chi connectivity index (χ1n) is 11.2. The van der Waals surface area contributed by atoms with Crippen LogP contribution in [0.3, 0.4) is 0 Å². The molecule has 0 spiro atoms. The Hall–Kier alpha value is -2.63. The van der Waals surface area contributed by atoms with Crippen molar-refractivity contribution in [3.05, 3.63) is 54.1 Å². The minimum atomic E-state index is -0.206. The van der Waals surface area contributed by atoms with Gasteiger partial charge in [-0.2, -0.15) is 0 Å². The summed E-state index contributed by atoms with van der Waals surface area (Å²) in [5, 5.41) is 0. The van der Waals surface area contributed by atoms with Crippen molar-refractivity contribution in [2.24, 2.45) is 23.5 Å². The molecule has 4 rings (SSSR count). The minimum Gasteiger partial charge on any atom is -0.370 e. The quantitative estimate of drug-likeness (QED) is 0.701. The van der Waals surface area contributed by atoms with Crippen LogP contribution in [0.5, 0.6) is 0 Å². The van der Waals surface area contributed by atoms with Gasteiger partial charge in [-0.15, -0.1) is 0 Å². The Morgan fingerprint density at radius 3 is 2.63 bits per heavy atom. The Kier molecular flexibility index (Phi) is 6.50. The Morgan fingerprint density at radius 2 is 1.90 bits per heavy atom. The molecule has 2 aromatic rings. The van der Waals surface area contributed by atoms with E-state index < -0.39 is 0 Å². The van der Waals surface area contributed by atoms with Gasteiger partial charge in [-0.3, -0.25) is 9.59 Å². The first kappa shape index (κ1) is 20.6. The van der Waals surface area contributed by atoms with Crippen molar-refractivity contribution in [2.75, 3.05) is 0 Å². The number of carbonyl (C=O) groups is 2. The SMILES string of the molecule is NC(=O)C[C@H]1C[C@@H](Cc2cnc[nH]2)C[C@H](C[C@@H]2CCC(=O)N2Cc2ccccc2)C1. The fraction of sp³-hybridized carbons (Fsp3) is 0.542. The molecule has 30 heavy (non-hydrogen) atoms. The molecule has 0 radical (unpaired) electrons. The van der Waals surface area contributed by atoms with Crippen LogP contribution in [-0.4, -0.2) is 32.7 Å². The second kappa shape index (κ2) is 9.45. The molecule has 0 bridgehead atoms. The van der Waals surface area contributed by atoms with Crippen molar-refractivity contribution in [1.29, 1.82) is 0 Å². The number of imidazole rings is 1. The summed E-state index contributed by atoms with van der Waals surface area (Å²) in [6.07, 6.45) is 10.9. The third-order valence-corrected chi connectivity index (χ3v) is 6.81. The highest BCUT2D eigenvalue weighted by Crippen LogP contribution is 2.40. The lowest BCUT2D eigenvalue weighted by Crippen LogP contribution is -2.36. The number of H-pyrrole nitrogens is 1. The maximum Gasteiger partial charge on any atom is 0.223 e. The number of rotatable bonds is 8. The summed E-state index contributed by atoms with van der Waals surface area (Å²) < 4.78 is 0. The predicted octanol–water partition coefficient (Wildman–Crippen LogP) is 3.44. The number of carbonyl (C=O) groups excluding carboxylic acids is 2. The summed E-state index contributed by atoms with van der Waals surface area (Å²) in [5.41, 5.74) is 7.87. The highest BCUT2D eigenvalue weighted by molar-refractivity contribution is 5.78. The van der Waals surface area contributed by atoms with Gasteiger partial charge in [0.2, 0.25) is 11.8 Å². The molecular formula is C24H32N4O2. The molecule has 2 fully saturated rings. The van der Waals surface area contributed by atoms with Crippen LogP contribution in [-0.2, 0) is 22.6 Å². The molecule has 6 heteroatoms. The summed E-state index contributed by atoms with van der Waals surface area (Å²) >= 11 is 0. The number of primary amides is 1. The highest BCUT2D eigenvalue weighted by Gasteiger charge is 2.36. The first-order valence-corrected chi connectivity index (χ1v) is 11.2. The molecule has 160 valence electrons. The maximum absolute atomic E-state index is 12.6. The van der Waals surface area contributed by atoms with E-state index >= 15 is 0 Å². The van der Waals surface area contributed by atoms with Crippen LogP contribution in [0.4, 0.5) is 0 Å². The fourth-order valence-electron chi connectivity index (χ4n) is 5.64. The van der Waals surface area contributed by atoms with Gasteiger partial charge < -0.3 is 15.6 Å². The number of benzene rings is 1. The molecule has 0 unspecified atom stereocenters. The van der Waals surface area contributed by atoms with Crippen LogP contribution in [0.1, 0.15) is 56.2 Å². The second-order valence-corrected chi connectivity index (χ2v) is 9.19. The van der Waals surface area contributed by atoms with Crippen LogP contribution in [0.2, 0.25) is 0 Å². The van der Waals surface area contributed by atoms with Crippen molar-refractivity contribution in [1.82, 2.24) is 14.9 Å². The lowest BCUT2D eigenvalue weighted by Gasteiger charge is -2.37. The number of aromatic nitrogens is 2. The fourth-order valence-corrected chi connectivity index (χ4v) is 5.64. The number of aromatic amines is 1. The number of amides is 2. The van der Waals surface area contributed by atoms with E-state index in [0.717, 1.165) is 44.2 Å². The van der Waals surface area contributed by atoms with Crippen molar-refractivity contribution in [3.63, 3.8) is 0 Å². The lowest BCUT2D eigenvalue weighted by molar-refractivity contribution is -0.129. The van der Waals surface area contributed by atoms with Crippen molar-refractivity contribution in [2.45, 2.75) is 64.0 Å². The molecule has 3 N–H and O–H groups in total. The molecule has 1 saturated carbocycles. The maximum atomic E-state index is 12.6. The van der Waals surface area contributed by atoms with Crippen molar-refractivity contribution >= 4 is 11.8 Å². The van der Waals surface area contributed by atoms with E-state index in [4.69, 9.17) is 5.73 Å². The topological polar surface area (TPSA) is 92.1 Å². The zero-order valence-corrected chi connectivity index (χ0v) is 17.5. The summed E-state index contributed by atoms with van der Waals surface area (Å²) in [7, 11) is 0. The highest BCUT2D eigenvalue weighted by atomic mass is 16.2. The standard InChI is InChI=1S/C24H32N4O2/c25-23(29)13-20-9-18(11-21-14-26-16-27-21)8-19(10-20)12-22-6-7-24(30)28(22)15-17-4-2-1-3-5-17/h1-5,14,16,18-20,22H,6-13,15H2,(H2,25,29)(H,26,27)/t18-,19-,20-,22-/m0/s1. The number of hydrogen-bond donors (Lipinski definition) is 2. The second-order valence-electron chi connectivity index (χ2n) is 9.19. The van der Waals surface area contributed by atoms with Gasteiger partial charge in [-0.25, -0.2) is 4.98 Å². The molecular weight excluding hydrogens is 376 g/mol. The monoisotopic (exact) mass is 408 g/mol. The number of nitrogens with zero attached hydrogens (tertiary/aromatic N) is 2. The van der Waals surface area contributed by atoms with E-state index in [1.165, 1.54) is 5.56 Å². The van der Waals surface area contributed by atoms with Gasteiger partial charge in [0, 0.05) is 37.3 Å². The average molecular weight is 409 g/mol. The summed E-state index contributed by atoms with van der Waals surface area (Å²) in [5.74, 6) is 1.44. The number of nitrogens with one attached hydrogen (secondary N) is 1. The summed E-state index contributed by atoms with van der Waals surface area (Å²) in [6, 6.07) is 10.5. The Labute approximate surface area is 178 Å². The van der Waals surface area contributed by atoms with Gasteiger partial charge in [0.05, 0.1) is 6.33 Å². The first-order chi connectivity index (χ1) is 14.6. The van der Waals surface area contributed by atoms with E-state index in [0.29, 0.717) is 43.2 Å². The molecule has 4 atom stereocenters. The van der Waals surface area contributed by atoms with E-state index in [9.17, 15) is 9.59 Å². The van der Waals surface area contributed by atoms with Gasteiger partial charge >= 0.3 is 0 Å². The summed E-state index contributed by atoms with van der Waals surface area (Å²) in [4.78, 5) is 33.6. The molecule has 1 aromatic heterocycles. The smallest absolute Gasteiger partial charge is 0.223 e. The predicted molar refractivity (Wildman–Crippen MR) is 115 cm³/mol. The molecule has 2 amide bonds. The normalized spacial score (nSPS) is 26.8. The third-order valence-electron chi connectivity index (χ3n) is 6.81. The lowest BCUT2D eigenvalue weighted by atomic mass is 9.70. The van der Waals surface area contributed by atoms with Gasteiger partial charge in [-0.05, 0) is 61.8 Å². The van der Waals surface area contributed by atoms with Gasteiger partial charge in [-0.1, -0.05) is 30.3 Å². The van der Waals surface area contributed by atoms with Crippen molar-refractivity contribution in [3.8, 4) is 0 Å². The van der Waals surface area contributed by atoms with E-state index in [1.54, 1.807) is 6.33 Å². The Balaban J connectivity index is 1.42. The number of likely N-dealkylation sites (tertiary alicyclic amines) is 1. The van der Waals surface area contributed by atoms with E-state index in [1.807, 2.05) is 24.4 Å². The molecule has 1 aliphatic carbocycles. The largest absolute Gasteiger partial charge is 0.370 e. The third kappa shape index (κ3) is 5.29. The Bertz CT molecular complexity index is 836. The molecule has 2 aliphatic rings. The van der Waals surface area contributed by atoms with Gasteiger partial charge in [0.1, 0.15) is 0 Å². The van der Waals surface area contributed by atoms with Crippen molar-refractivity contribution < 1.29 is 9.59 Å². The average Bonchev–Trinajstić information content (AvgIpc) is 3.33. The molecule has 1 aromatic carbocycles. The zero-order chi connectivity index (χ0) is 20.9. The van der Waals surface area contributed by atoms with Crippen LogP contribution in [0, 0.1) is 17.8 Å². The summed E-state index contributed by atoms with van der Waals surface area (Å²) in [6.45, 7) is 0.694. The van der Waals surface area contributed by atoms with Crippen LogP contribution < -0.4 is 5.73 Å². The zero-order valence-electron chi connectivity index (χ0n) is 17.5. The van der Waals surface area contributed by atoms with E-state index in [2.05, 4.69) is 27.0 Å². The van der Waals surface area contributed by atoms with Crippen LogP contribution in [0.15, 0.2) is 42.9 Å². The molecule has 2 heterocycles. The van der Waals surface area contributed by atoms with Crippen LogP contribution in [0.25, 0.3) is 0 Å². The number of nitrogens with two attached hydrogens (primary N) is 1. The molecule has 1 aliphatic heterocycles. The Morgan fingerprint density at radius 1 is 1.13 bits per heavy atom. The number of hydrogen-bond acceptors (Lipinski definition) is 3. The van der Waals surface area contributed by atoms with Crippen LogP contribution >= 0.6 is 0 Å². The molecule has 1 saturated heterocycles. The van der Waals surface area contributed by atoms with Gasteiger partial charge in [0.25, 0.3) is 0 Å². The van der Waals surface area contributed by atoms with Gasteiger partial charge in [0.15, 0.2) is 0 Å².